The van der Waals surface area contributed by atoms with Gasteiger partial charge in [-0.25, -0.2) is 4.90 Å². The van der Waals surface area contributed by atoms with Gasteiger partial charge in [0.15, 0.2) is 0 Å². The van der Waals surface area contributed by atoms with Crippen molar-refractivity contribution in [3.63, 3.8) is 0 Å². The van der Waals surface area contributed by atoms with Gasteiger partial charge >= 0.3 is 0 Å². The average molecular weight is 322 g/mol. The van der Waals surface area contributed by atoms with Crippen molar-refractivity contribution in [3.8, 4) is 5.75 Å². The van der Waals surface area contributed by atoms with Crippen LogP contribution in [0, 0.1) is 0 Å². The van der Waals surface area contributed by atoms with Crippen LogP contribution >= 0.6 is 23.2 Å². The van der Waals surface area contributed by atoms with Crippen LogP contribution in [0.5, 0.6) is 5.75 Å². The molecule has 0 saturated heterocycles. The summed E-state index contributed by atoms with van der Waals surface area (Å²) in [6.45, 7) is 0. The highest BCUT2D eigenvalue weighted by molar-refractivity contribution is 6.44. The van der Waals surface area contributed by atoms with Gasteiger partial charge in [-0.1, -0.05) is 23.2 Å². The molecule has 0 N–H and O–H groups in total. The smallest absolute Gasteiger partial charge is 0.266 e. The monoisotopic (exact) mass is 321 g/mol. The molecule has 0 saturated carbocycles. The zero-order valence-electron chi connectivity index (χ0n) is 10.9. The normalized spacial score (nSPS) is 13.6. The summed E-state index contributed by atoms with van der Waals surface area (Å²) in [7, 11) is 1.54. The first-order valence-corrected chi connectivity index (χ1v) is 6.80. The molecule has 0 unspecified atom stereocenters. The maximum Gasteiger partial charge on any atom is 0.266 e. The van der Waals surface area contributed by atoms with Gasteiger partial charge in [-0.05, 0) is 36.4 Å². The largest absolute Gasteiger partial charge is 0.497 e. The van der Waals surface area contributed by atoms with Gasteiger partial charge in [0.25, 0.3) is 11.8 Å². The molecule has 3 rings (SSSR count). The third-order valence-corrected chi connectivity index (χ3v) is 3.98. The van der Waals surface area contributed by atoms with E-state index in [2.05, 4.69) is 0 Å². The van der Waals surface area contributed by atoms with Crippen LogP contribution in [0.4, 0.5) is 5.69 Å². The number of anilines is 1. The number of fused-ring (bicyclic) bond motifs is 1. The summed E-state index contributed by atoms with van der Waals surface area (Å²) in [5.74, 6) is -0.195. The number of imide groups is 1. The lowest BCUT2D eigenvalue weighted by Crippen LogP contribution is -2.29. The number of hydrogen-bond acceptors (Lipinski definition) is 3. The molecule has 2 aromatic rings. The molecule has 0 spiro atoms. The predicted molar refractivity (Wildman–Crippen MR) is 80.6 cm³/mol. The third kappa shape index (κ3) is 2.17. The zero-order chi connectivity index (χ0) is 15.1. The second kappa shape index (κ2) is 5.06. The number of carbonyl (C=O) groups is 2. The molecule has 0 bridgehead atoms. The minimum Gasteiger partial charge on any atom is -0.497 e. The molecular weight excluding hydrogens is 313 g/mol. The minimum atomic E-state index is -0.418. The van der Waals surface area contributed by atoms with Crippen molar-refractivity contribution in [1.29, 1.82) is 0 Å². The summed E-state index contributed by atoms with van der Waals surface area (Å²) in [6.07, 6.45) is 0. The van der Waals surface area contributed by atoms with Crippen LogP contribution in [0.1, 0.15) is 20.7 Å². The molecule has 0 aromatic heterocycles. The van der Waals surface area contributed by atoms with Gasteiger partial charge in [-0.2, -0.15) is 0 Å². The highest BCUT2D eigenvalue weighted by Gasteiger charge is 2.37. The van der Waals surface area contributed by atoms with Gasteiger partial charge in [-0.15, -0.1) is 0 Å². The zero-order valence-corrected chi connectivity index (χ0v) is 12.4. The molecule has 0 aliphatic carbocycles. The Morgan fingerprint density at radius 3 is 1.81 bits per heavy atom. The van der Waals surface area contributed by atoms with E-state index in [4.69, 9.17) is 27.9 Å². The summed E-state index contributed by atoms with van der Waals surface area (Å²) in [5, 5.41) is 0.487. The van der Waals surface area contributed by atoms with E-state index in [1.165, 1.54) is 12.1 Å². The van der Waals surface area contributed by atoms with Crippen molar-refractivity contribution in [2.24, 2.45) is 0 Å². The van der Waals surface area contributed by atoms with E-state index in [-0.39, 0.29) is 21.2 Å². The fourth-order valence-corrected chi connectivity index (χ4v) is 2.53. The third-order valence-electron chi connectivity index (χ3n) is 3.26. The maximum absolute atomic E-state index is 12.4. The van der Waals surface area contributed by atoms with Crippen LogP contribution in [0.25, 0.3) is 0 Å². The molecule has 4 nitrogen and oxygen atoms in total. The molecule has 0 fully saturated rings. The number of carbonyl (C=O) groups excluding carboxylic acids is 2. The molecule has 2 aromatic carbocycles. The Balaban J connectivity index is 2.06. The van der Waals surface area contributed by atoms with Crippen LogP contribution in [0.2, 0.25) is 10.0 Å². The van der Waals surface area contributed by atoms with Gasteiger partial charge in [0.1, 0.15) is 5.75 Å². The number of methoxy groups -OCH3 is 1. The van der Waals surface area contributed by atoms with E-state index in [9.17, 15) is 9.59 Å². The highest BCUT2D eigenvalue weighted by atomic mass is 35.5. The molecule has 21 heavy (non-hydrogen) atoms. The van der Waals surface area contributed by atoms with Crippen LogP contribution in [-0.2, 0) is 0 Å². The number of amides is 2. The lowest BCUT2D eigenvalue weighted by molar-refractivity contribution is 0.0926. The van der Waals surface area contributed by atoms with E-state index >= 15 is 0 Å². The first-order valence-electron chi connectivity index (χ1n) is 6.05. The Labute approximate surface area is 130 Å². The molecular formula is C15H9Cl2NO3. The van der Waals surface area contributed by atoms with Gasteiger partial charge in [0, 0.05) is 0 Å². The van der Waals surface area contributed by atoms with Crippen molar-refractivity contribution >= 4 is 40.7 Å². The summed E-state index contributed by atoms with van der Waals surface area (Å²) >= 11 is 11.8. The van der Waals surface area contributed by atoms with Crippen molar-refractivity contribution in [3.05, 3.63) is 57.6 Å². The van der Waals surface area contributed by atoms with E-state index in [0.29, 0.717) is 11.4 Å². The topological polar surface area (TPSA) is 46.6 Å². The van der Waals surface area contributed by atoms with Crippen molar-refractivity contribution in [2.75, 3.05) is 12.0 Å². The van der Waals surface area contributed by atoms with E-state index in [1.54, 1.807) is 31.4 Å². The summed E-state index contributed by atoms with van der Waals surface area (Å²) in [4.78, 5) is 25.9. The molecule has 2 amide bonds. The first kappa shape index (κ1) is 13.9. The molecule has 1 aliphatic rings. The Hall–Kier alpha value is -2.04. The fourth-order valence-electron chi connectivity index (χ4n) is 2.20. The number of hydrogen-bond donors (Lipinski definition) is 0. The quantitative estimate of drug-likeness (QED) is 0.790. The predicted octanol–water partition coefficient (Wildman–Crippen LogP) is 3.80. The van der Waals surface area contributed by atoms with E-state index < -0.39 is 11.8 Å². The Morgan fingerprint density at radius 1 is 0.905 bits per heavy atom. The van der Waals surface area contributed by atoms with Gasteiger partial charge in [0.2, 0.25) is 0 Å². The van der Waals surface area contributed by atoms with Crippen LogP contribution < -0.4 is 9.64 Å². The van der Waals surface area contributed by atoms with Crippen molar-refractivity contribution < 1.29 is 14.3 Å². The minimum absolute atomic E-state index is 0.244. The van der Waals surface area contributed by atoms with Crippen molar-refractivity contribution in [2.45, 2.75) is 0 Å². The number of ether oxygens (including phenoxy) is 1. The fraction of sp³-hybridized carbons (Fsp3) is 0.0667. The van der Waals surface area contributed by atoms with Gasteiger partial charge in [-0.3, -0.25) is 9.59 Å². The second-order valence-electron chi connectivity index (χ2n) is 4.46. The summed E-state index contributed by atoms with van der Waals surface area (Å²) in [6, 6.07) is 9.48. The molecule has 1 heterocycles. The highest BCUT2D eigenvalue weighted by Crippen LogP contribution is 2.34. The maximum atomic E-state index is 12.4. The number of rotatable bonds is 2. The Bertz CT molecular complexity index is 715. The molecule has 6 heteroatoms. The SMILES string of the molecule is COc1ccc(N2C(=O)c3cc(Cl)c(Cl)cc3C2=O)cc1. The number of nitrogens with zero attached hydrogens (tertiary/aromatic N) is 1. The molecule has 1 aliphatic heterocycles. The Kier molecular flexibility index (Phi) is 3.35. The number of benzene rings is 2. The summed E-state index contributed by atoms with van der Waals surface area (Å²) < 4.78 is 5.06. The lowest BCUT2D eigenvalue weighted by Gasteiger charge is -2.14. The van der Waals surface area contributed by atoms with Crippen molar-refractivity contribution in [1.82, 2.24) is 0 Å². The van der Waals surface area contributed by atoms with Crippen LogP contribution in [0.15, 0.2) is 36.4 Å². The van der Waals surface area contributed by atoms with Crippen LogP contribution in [-0.4, -0.2) is 18.9 Å². The van der Waals surface area contributed by atoms with E-state index in [0.717, 1.165) is 4.90 Å². The second-order valence-corrected chi connectivity index (χ2v) is 5.27. The molecule has 0 radical (unpaired) electrons. The molecule has 0 atom stereocenters. The molecule has 106 valence electrons. The average Bonchev–Trinajstić information content (AvgIpc) is 2.72. The summed E-state index contributed by atoms with van der Waals surface area (Å²) in [5.41, 5.74) is 0.977. The first-order chi connectivity index (χ1) is 10.0. The standard InChI is InChI=1S/C15H9Cl2NO3/c1-21-9-4-2-8(3-5-9)18-14(19)10-6-12(16)13(17)7-11(10)15(18)20/h2-7H,1H3. The Morgan fingerprint density at radius 2 is 1.38 bits per heavy atom. The number of halogens is 2. The van der Waals surface area contributed by atoms with Crippen LogP contribution in [0.3, 0.4) is 0 Å². The lowest BCUT2D eigenvalue weighted by atomic mass is 10.1. The van der Waals surface area contributed by atoms with Gasteiger partial charge < -0.3 is 4.74 Å². The van der Waals surface area contributed by atoms with Gasteiger partial charge in [0.05, 0.1) is 34.0 Å². The van der Waals surface area contributed by atoms with E-state index in [1.807, 2.05) is 0 Å².